The average molecular weight is 384 g/mol. The van der Waals surface area contributed by atoms with Gasteiger partial charge in [0.1, 0.15) is 0 Å². The molecule has 0 saturated carbocycles. The Morgan fingerprint density at radius 3 is 2.16 bits per heavy atom. The van der Waals surface area contributed by atoms with Gasteiger partial charge in [0.05, 0.1) is 4.90 Å². The number of hydrogen-bond acceptors (Lipinski definition) is 3. The number of sulfonamides is 1. The van der Waals surface area contributed by atoms with Crippen LogP contribution in [0.15, 0.2) is 29.2 Å². The lowest BCUT2D eigenvalue weighted by molar-refractivity contribution is 0.264. The highest BCUT2D eigenvalue weighted by atomic mass is 32.2. The molecule has 0 spiro atoms. The first-order valence-electron chi connectivity index (χ1n) is 8.79. The van der Waals surface area contributed by atoms with Gasteiger partial charge in [0.2, 0.25) is 10.0 Å². The minimum absolute atomic E-state index is 0.00903. The molecule has 1 heterocycles. The average Bonchev–Trinajstić information content (AvgIpc) is 2.59. The van der Waals surface area contributed by atoms with Crippen LogP contribution in [0.4, 0.5) is 0 Å². The molecule has 1 aromatic rings. The van der Waals surface area contributed by atoms with E-state index in [1.807, 2.05) is 17.0 Å². The maximum Gasteiger partial charge on any atom is 0.243 e. The van der Waals surface area contributed by atoms with Crippen LogP contribution in [-0.2, 0) is 15.4 Å². The molecule has 1 aromatic carbocycles. The number of nitrogens with one attached hydrogen (secondary N) is 1. The maximum absolute atomic E-state index is 12.9. The lowest BCUT2D eigenvalue weighted by Crippen LogP contribution is -2.53. The summed E-state index contributed by atoms with van der Waals surface area (Å²) in [5, 5.41) is 3.91. The Bertz CT molecular complexity index is 686. The number of thiocarbonyl (C=S) groups is 1. The number of piperazine rings is 1. The normalized spacial score (nSPS) is 16.7. The highest BCUT2D eigenvalue weighted by molar-refractivity contribution is 7.89. The molecule has 0 aliphatic carbocycles. The van der Waals surface area contributed by atoms with E-state index in [1.165, 1.54) is 0 Å². The second kappa shape index (κ2) is 8.01. The minimum atomic E-state index is -3.45. The van der Waals surface area contributed by atoms with E-state index in [9.17, 15) is 8.42 Å². The van der Waals surface area contributed by atoms with Crippen molar-refractivity contribution in [3.8, 4) is 0 Å². The van der Waals surface area contributed by atoms with Crippen LogP contribution >= 0.6 is 12.2 Å². The fraction of sp³-hybridized carbons (Fsp3) is 0.611. The first kappa shape index (κ1) is 20.1. The molecule has 5 nitrogen and oxygen atoms in total. The Morgan fingerprint density at radius 2 is 1.68 bits per heavy atom. The van der Waals surface area contributed by atoms with Crippen molar-refractivity contribution in [2.75, 3.05) is 32.7 Å². The highest BCUT2D eigenvalue weighted by Gasteiger charge is 2.29. The molecule has 0 radical (unpaired) electrons. The predicted octanol–water partition coefficient (Wildman–Crippen LogP) is 2.57. The van der Waals surface area contributed by atoms with E-state index in [0.717, 1.165) is 18.5 Å². The van der Waals surface area contributed by atoms with E-state index in [0.29, 0.717) is 36.2 Å². The van der Waals surface area contributed by atoms with Crippen molar-refractivity contribution < 1.29 is 8.42 Å². The van der Waals surface area contributed by atoms with Gasteiger partial charge in [-0.05, 0) is 41.7 Å². The lowest BCUT2D eigenvalue weighted by Gasteiger charge is -2.35. The Kier molecular flexibility index (Phi) is 6.45. The SMILES string of the molecule is CCCNC(=S)N1CCN(S(=O)(=O)c2ccc(C(C)(C)C)cc2)CC1. The molecule has 0 bridgehead atoms. The Morgan fingerprint density at radius 1 is 1.12 bits per heavy atom. The highest BCUT2D eigenvalue weighted by Crippen LogP contribution is 2.25. The first-order valence-corrected chi connectivity index (χ1v) is 10.6. The topological polar surface area (TPSA) is 52.6 Å². The third-order valence-corrected chi connectivity index (χ3v) is 6.73. The summed E-state index contributed by atoms with van der Waals surface area (Å²) in [4.78, 5) is 2.40. The molecule has 2 rings (SSSR count). The van der Waals surface area contributed by atoms with Crippen LogP contribution in [0.3, 0.4) is 0 Å². The van der Waals surface area contributed by atoms with Gasteiger partial charge in [-0.15, -0.1) is 0 Å². The van der Waals surface area contributed by atoms with Gasteiger partial charge in [0.25, 0.3) is 0 Å². The van der Waals surface area contributed by atoms with Crippen LogP contribution in [0.1, 0.15) is 39.7 Å². The Balaban J connectivity index is 2.03. The van der Waals surface area contributed by atoms with Gasteiger partial charge in [-0.3, -0.25) is 0 Å². The molecule has 1 aliphatic heterocycles. The third kappa shape index (κ3) is 4.92. The van der Waals surface area contributed by atoms with E-state index < -0.39 is 10.0 Å². The second-order valence-electron chi connectivity index (χ2n) is 7.40. The number of rotatable bonds is 4. The monoisotopic (exact) mass is 383 g/mol. The summed E-state index contributed by atoms with van der Waals surface area (Å²) in [6.07, 6.45) is 1.01. The summed E-state index contributed by atoms with van der Waals surface area (Å²) >= 11 is 5.36. The molecule has 0 amide bonds. The van der Waals surface area contributed by atoms with Gasteiger partial charge in [-0.2, -0.15) is 4.31 Å². The largest absolute Gasteiger partial charge is 0.363 e. The van der Waals surface area contributed by atoms with Crippen LogP contribution < -0.4 is 5.32 Å². The molecule has 1 fully saturated rings. The zero-order valence-corrected chi connectivity index (χ0v) is 17.2. The zero-order chi connectivity index (χ0) is 18.7. The van der Waals surface area contributed by atoms with Crippen LogP contribution in [0.5, 0.6) is 0 Å². The molecule has 7 heteroatoms. The van der Waals surface area contributed by atoms with Crippen molar-refractivity contribution in [3.63, 3.8) is 0 Å². The van der Waals surface area contributed by atoms with Crippen molar-refractivity contribution in [1.82, 2.24) is 14.5 Å². The van der Waals surface area contributed by atoms with Crippen molar-refractivity contribution in [3.05, 3.63) is 29.8 Å². The first-order chi connectivity index (χ1) is 11.7. The predicted molar refractivity (Wildman–Crippen MR) is 106 cm³/mol. The molecule has 1 saturated heterocycles. The van der Waals surface area contributed by atoms with E-state index in [2.05, 4.69) is 33.0 Å². The third-order valence-electron chi connectivity index (χ3n) is 4.41. The van der Waals surface area contributed by atoms with Gasteiger partial charge in [0.15, 0.2) is 5.11 Å². The summed E-state index contributed by atoms with van der Waals surface area (Å²) in [6, 6.07) is 7.26. The summed E-state index contributed by atoms with van der Waals surface area (Å²) in [7, 11) is -3.45. The van der Waals surface area contributed by atoms with Crippen molar-refractivity contribution in [1.29, 1.82) is 0 Å². The van der Waals surface area contributed by atoms with E-state index in [4.69, 9.17) is 12.2 Å². The zero-order valence-electron chi connectivity index (χ0n) is 15.6. The molecule has 0 aromatic heterocycles. The number of hydrogen-bond donors (Lipinski definition) is 1. The van der Waals surface area contributed by atoms with Crippen molar-refractivity contribution in [2.45, 2.75) is 44.4 Å². The van der Waals surface area contributed by atoms with E-state index in [-0.39, 0.29) is 5.41 Å². The van der Waals surface area contributed by atoms with Crippen molar-refractivity contribution in [2.24, 2.45) is 0 Å². The molecule has 1 N–H and O–H groups in total. The Labute approximate surface area is 157 Å². The smallest absolute Gasteiger partial charge is 0.243 e. The number of benzene rings is 1. The molecule has 25 heavy (non-hydrogen) atoms. The molecular formula is C18H29N3O2S2. The maximum atomic E-state index is 12.9. The van der Waals surface area contributed by atoms with Crippen LogP contribution in [-0.4, -0.2) is 55.5 Å². The summed E-state index contributed by atoms with van der Waals surface area (Å²) < 4.78 is 27.3. The van der Waals surface area contributed by atoms with Gasteiger partial charge in [-0.1, -0.05) is 39.8 Å². The van der Waals surface area contributed by atoms with Crippen LogP contribution in [0.2, 0.25) is 0 Å². The molecule has 0 unspecified atom stereocenters. The van der Waals surface area contributed by atoms with Gasteiger partial charge < -0.3 is 10.2 Å². The summed E-state index contributed by atoms with van der Waals surface area (Å²) in [5.41, 5.74) is 1.14. The summed E-state index contributed by atoms with van der Waals surface area (Å²) in [6.45, 7) is 11.4. The fourth-order valence-corrected chi connectivity index (χ4v) is 4.46. The van der Waals surface area contributed by atoms with E-state index >= 15 is 0 Å². The fourth-order valence-electron chi connectivity index (χ4n) is 2.75. The molecule has 1 aliphatic rings. The van der Waals surface area contributed by atoms with Gasteiger partial charge in [0, 0.05) is 32.7 Å². The standard InChI is InChI=1S/C18H29N3O2S2/c1-5-10-19-17(24)20-11-13-21(14-12-20)25(22,23)16-8-6-15(7-9-16)18(2,3)4/h6-9H,5,10-14H2,1-4H3,(H,19,24). The minimum Gasteiger partial charge on any atom is -0.363 e. The Hall–Kier alpha value is -1.18. The quantitative estimate of drug-likeness (QED) is 0.810. The molecule has 140 valence electrons. The second-order valence-corrected chi connectivity index (χ2v) is 9.72. The molecular weight excluding hydrogens is 354 g/mol. The molecule has 0 atom stereocenters. The number of nitrogens with zero attached hydrogens (tertiary/aromatic N) is 2. The van der Waals surface area contributed by atoms with Crippen LogP contribution in [0.25, 0.3) is 0 Å². The van der Waals surface area contributed by atoms with Gasteiger partial charge >= 0.3 is 0 Å². The lowest BCUT2D eigenvalue weighted by atomic mass is 9.87. The van der Waals surface area contributed by atoms with Crippen LogP contribution in [0, 0.1) is 0 Å². The van der Waals surface area contributed by atoms with E-state index in [1.54, 1.807) is 16.4 Å². The van der Waals surface area contributed by atoms with Crippen molar-refractivity contribution >= 4 is 27.4 Å². The summed E-state index contributed by atoms with van der Waals surface area (Å²) in [5.74, 6) is 0. The van der Waals surface area contributed by atoms with Gasteiger partial charge in [-0.25, -0.2) is 8.42 Å².